The molecule has 0 saturated heterocycles. The molecule has 0 radical (unpaired) electrons. The number of hydrogen-bond donors (Lipinski definition) is 0. The van der Waals surface area contributed by atoms with Crippen molar-refractivity contribution in [2.24, 2.45) is 0 Å². The number of para-hydroxylation sites is 2. The van der Waals surface area contributed by atoms with Gasteiger partial charge in [0.25, 0.3) is 0 Å². The third-order valence-corrected chi connectivity index (χ3v) is 16.3. The minimum Gasteiger partial charge on any atom is -0.310 e. The first kappa shape index (κ1) is 40.0. The van der Waals surface area contributed by atoms with E-state index in [1.54, 1.807) is 0 Å². The van der Waals surface area contributed by atoms with Crippen molar-refractivity contribution < 1.29 is 0 Å². The molecule has 332 valence electrons. The van der Waals surface area contributed by atoms with E-state index in [0.29, 0.717) is 0 Å². The zero-order valence-corrected chi connectivity index (χ0v) is 39.2. The third kappa shape index (κ3) is 5.48. The largest absolute Gasteiger partial charge is 0.310 e. The molecule has 1 unspecified atom stereocenters. The minimum atomic E-state index is -0.358. The van der Waals surface area contributed by atoms with Gasteiger partial charge in [0.15, 0.2) is 0 Å². The van der Waals surface area contributed by atoms with Gasteiger partial charge in [-0.2, -0.15) is 0 Å². The summed E-state index contributed by atoms with van der Waals surface area (Å²) in [6.45, 7) is 2.40. The Morgan fingerprint density at radius 3 is 1.48 bits per heavy atom. The molecule has 0 bridgehead atoms. The Morgan fingerprint density at radius 2 is 0.789 bits per heavy atom. The average molecular weight is 903 g/mol. The zero-order valence-electron chi connectivity index (χ0n) is 39.2. The molecule has 0 saturated carbocycles. The van der Waals surface area contributed by atoms with Crippen LogP contribution < -0.4 is 4.90 Å². The van der Waals surface area contributed by atoms with Gasteiger partial charge in [-0.1, -0.05) is 200 Å². The second kappa shape index (κ2) is 15.0. The summed E-state index contributed by atoms with van der Waals surface area (Å²) in [7, 11) is 0. The predicted octanol–water partition coefficient (Wildman–Crippen LogP) is 17.6. The van der Waals surface area contributed by atoms with Crippen molar-refractivity contribution >= 4 is 38.9 Å². The first-order valence-corrected chi connectivity index (χ1v) is 24.8. The molecule has 1 aromatic heterocycles. The standard InChI is InChI=1S/C69H46N2/c1-68(47-18-4-2-5-19-47)60-27-13-8-22-52(60)56-39-37-50(43-65(56)68)70(51-38-40-58-57-26-12-17-31-66(57)71(67(58)44-51)48-20-6-3-7-21-48)49-35-32-45(33-36-49)46-34-41-64-59(42-46)55-25-11-16-30-63(55)69(64)61-28-14-9-23-53(61)54-24-10-15-29-62(54)69/h2-44H,1H3. The van der Waals surface area contributed by atoms with Gasteiger partial charge in [0, 0.05) is 38.9 Å². The van der Waals surface area contributed by atoms with Crippen molar-refractivity contribution in [3.63, 3.8) is 0 Å². The number of hydrogen-bond acceptors (Lipinski definition) is 1. The van der Waals surface area contributed by atoms with Crippen LogP contribution >= 0.6 is 0 Å². The topological polar surface area (TPSA) is 8.17 Å². The number of rotatable bonds is 6. The zero-order chi connectivity index (χ0) is 46.8. The second-order valence-electron chi connectivity index (χ2n) is 19.7. The van der Waals surface area contributed by atoms with Crippen molar-refractivity contribution in [1.29, 1.82) is 0 Å². The maximum atomic E-state index is 2.46. The smallest absolute Gasteiger partial charge is 0.0725 e. The monoisotopic (exact) mass is 902 g/mol. The highest BCUT2D eigenvalue weighted by Gasteiger charge is 2.51. The normalized spacial score (nSPS) is 15.3. The molecule has 3 aliphatic carbocycles. The molecule has 15 rings (SSSR count). The molecule has 2 heteroatoms. The van der Waals surface area contributed by atoms with E-state index in [-0.39, 0.29) is 10.8 Å². The Balaban J connectivity index is 0.903. The lowest BCUT2D eigenvalue weighted by atomic mass is 9.70. The summed E-state index contributed by atoms with van der Waals surface area (Å²) in [6.07, 6.45) is 0. The van der Waals surface area contributed by atoms with E-state index < -0.39 is 0 Å². The van der Waals surface area contributed by atoms with Crippen molar-refractivity contribution in [3.05, 3.63) is 300 Å². The van der Waals surface area contributed by atoms with Crippen molar-refractivity contribution in [3.8, 4) is 50.2 Å². The molecule has 12 aromatic rings. The van der Waals surface area contributed by atoms with Gasteiger partial charge in [-0.05, 0) is 151 Å². The van der Waals surface area contributed by atoms with E-state index in [4.69, 9.17) is 0 Å². The summed E-state index contributed by atoms with van der Waals surface area (Å²) >= 11 is 0. The lowest BCUT2D eigenvalue weighted by Gasteiger charge is -2.31. The van der Waals surface area contributed by atoms with Gasteiger partial charge in [0.05, 0.1) is 16.4 Å². The molecule has 2 nitrogen and oxygen atoms in total. The molecule has 0 aliphatic heterocycles. The van der Waals surface area contributed by atoms with Crippen molar-refractivity contribution in [2.75, 3.05) is 4.90 Å². The van der Waals surface area contributed by atoms with Crippen LogP contribution in [0.4, 0.5) is 17.1 Å². The fraction of sp³-hybridized carbons (Fsp3) is 0.0435. The molecule has 1 spiro atoms. The average Bonchev–Trinajstić information content (AvgIpc) is 4.12. The lowest BCUT2D eigenvalue weighted by molar-refractivity contribution is 0.714. The van der Waals surface area contributed by atoms with E-state index in [1.807, 2.05) is 0 Å². The molecule has 1 atom stereocenters. The highest BCUT2D eigenvalue weighted by molar-refractivity contribution is 6.10. The van der Waals surface area contributed by atoms with Crippen LogP contribution in [0.2, 0.25) is 0 Å². The molecule has 11 aromatic carbocycles. The fourth-order valence-electron chi connectivity index (χ4n) is 13.2. The quantitative estimate of drug-likeness (QED) is 0.161. The highest BCUT2D eigenvalue weighted by atomic mass is 15.1. The van der Waals surface area contributed by atoms with Crippen LogP contribution in [-0.4, -0.2) is 4.57 Å². The Labute approximate surface area is 414 Å². The third-order valence-electron chi connectivity index (χ3n) is 16.3. The van der Waals surface area contributed by atoms with Crippen LogP contribution in [0, 0.1) is 0 Å². The molecule has 0 N–H and O–H groups in total. The minimum absolute atomic E-state index is 0.337. The molecule has 71 heavy (non-hydrogen) atoms. The fourth-order valence-corrected chi connectivity index (χ4v) is 13.2. The molecule has 3 aliphatic rings. The van der Waals surface area contributed by atoms with Gasteiger partial charge in [-0.15, -0.1) is 0 Å². The van der Waals surface area contributed by atoms with Gasteiger partial charge < -0.3 is 9.47 Å². The van der Waals surface area contributed by atoms with E-state index >= 15 is 0 Å². The first-order chi connectivity index (χ1) is 35.1. The summed E-state index contributed by atoms with van der Waals surface area (Å²) in [5, 5.41) is 2.47. The Hall–Kier alpha value is -8.98. The summed E-state index contributed by atoms with van der Waals surface area (Å²) < 4.78 is 2.42. The van der Waals surface area contributed by atoms with Crippen molar-refractivity contribution in [2.45, 2.75) is 17.8 Å². The second-order valence-corrected chi connectivity index (χ2v) is 19.7. The number of fused-ring (bicyclic) bond motifs is 16. The maximum absolute atomic E-state index is 2.46. The van der Waals surface area contributed by atoms with Crippen LogP contribution in [0.15, 0.2) is 261 Å². The van der Waals surface area contributed by atoms with Crippen LogP contribution in [0.25, 0.3) is 72.0 Å². The highest BCUT2D eigenvalue weighted by Crippen LogP contribution is 2.63. The SMILES string of the molecule is CC1(c2ccccc2)c2ccccc2-c2ccc(N(c3ccc(-c4ccc5c(c4)-c4ccccc4C54c5ccccc5-c5ccccc54)cc3)c3ccc4c5ccccc5n(-c5ccccc5)c4c3)cc21. The lowest BCUT2D eigenvalue weighted by Crippen LogP contribution is -2.25. The number of anilines is 3. The van der Waals surface area contributed by atoms with Crippen LogP contribution in [0.3, 0.4) is 0 Å². The maximum Gasteiger partial charge on any atom is 0.0725 e. The number of nitrogens with zero attached hydrogens (tertiary/aromatic N) is 2. The van der Waals surface area contributed by atoms with Gasteiger partial charge in [-0.3, -0.25) is 0 Å². The summed E-state index contributed by atoms with van der Waals surface area (Å²) in [6, 6.07) is 97.3. The van der Waals surface area contributed by atoms with Gasteiger partial charge in [-0.25, -0.2) is 0 Å². The number of aromatic nitrogens is 1. The Kier molecular flexibility index (Phi) is 8.45. The first-order valence-electron chi connectivity index (χ1n) is 24.8. The van der Waals surface area contributed by atoms with E-state index in [2.05, 4.69) is 277 Å². The Morgan fingerprint density at radius 1 is 0.310 bits per heavy atom. The van der Waals surface area contributed by atoms with Gasteiger partial charge >= 0.3 is 0 Å². The molecule has 0 amide bonds. The van der Waals surface area contributed by atoms with E-state index in [1.165, 1.54) is 105 Å². The molecule has 1 heterocycles. The van der Waals surface area contributed by atoms with Gasteiger partial charge in [0.1, 0.15) is 0 Å². The van der Waals surface area contributed by atoms with E-state index in [0.717, 1.165) is 22.7 Å². The van der Waals surface area contributed by atoms with Crippen LogP contribution in [0.5, 0.6) is 0 Å². The van der Waals surface area contributed by atoms with Crippen molar-refractivity contribution in [1.82, 2.24) is 4.57 Å². The number of benzene rings is 11. The van der Waals surface area contributed by atoms with Gasteiger partial charge in [0.2, 0.25) is 0 Å². The predicted molar refractivity (Wildman–Crippen MR) is 295 cm³/mol. The summed E-state index contributed by atoms with van der Waals surface area (Å²) in [5.74, 6) is 0. The summed E-state index contributed by atoms with van der Waals surface area (Å²) in [4.78, 5) is 2.46. The molecule has 0 fully saturated rings. The Bertz CT molecular complexity index is 4080. The summed E-state index contributed by atoms with van der Waals surface area (Å²) in [5.41, 5.74) is 25.7. The van der Waals surface area contributed by atoms with E-state index in [9.17, 15) is 0 Å². The van der Waals surface area contributed by atoms with Crippen LogP contribution in [0.1, 0.15) is 45.9 Å². The molecular formula is C69H46N2. The van der Waals surface area contributed by atoms with Crippen LogP contribution in [-0.2, 0) is 10.8 Å². The molecular weight excluding hydrogens is 857 g/mol.